The summed E-state index contributed by atoms with van der Waals surface area (Å²) in [6.07, 6.45) is 1.34. The lowest BCUT2D eigenvalue weighted by atomic mass is 9.98. The van der Waals surface area contributed by atoms with Gasteiger partial charge >= 0.3 is 0 Å². The van der Waals surface area contributed by atoms with Crippen LogP contribution in [0.15, 0.2) is 29.3 Å². The number of nitrogens with zero attached hydrogens (tertiary/aromatic N) is 1. The van der Waals surface area contributed by atoms with Crippen molar-refractivity contribution in [1.29, 1.82) is 0 Å². The second-order valence-electron chi connectivity index (χ2n) is 4.71. The van der Waals surface area contributed by atoms with Gasteiger partial charge < -0.3 is 10.3 Å². The molecule has 0 radical (unpaired) electrons. The Bertz CT molecular complexity index is 649. The molecular weight excluding hydrogens is 262 g/mol. The summed E-state index contributed by atoms with van der Waals surface area (Å²) in [6, 6.07) is 6.08. The Morgan fingerprint density at radius 1 is 1.37 bits per heavy atom. The first-order chi connectivity index (χ1) is 9.00. The predicted molar refractivity (Wildman–Crippen MR) is 78.4 cm³/mol. The maximum absolute atomic E-state index is 11.5. The summed E-state index contributed by atoms with van der Waals surface area (Å²) in [5.41, 5.74) is 2.86. The largest absolute Gasteiger partial charge is 0.338 e. The standard InChI is InChI=1S/C14H16ClN3O/c1-8(2)10-6-4-5-9(3)12(10)18-13-11(15)14(19)17-7-16-13/h4-8H,1-3H3,(H2,16,17,18,19). The highest BCUT2D eigenvalue weighted by molar-refractivity contribution is 6.32. The smallest absolute Gasteiger partial charge is 0.271 e. The zero-order valence-corrected chi connectivity index (χ0v) is 11.9. The third-order valence-electron chi connectivity index (χ3n) is 2.97. The van der Waals surface area contributed by atoms with E-state index in [4.69, 9.17) is 11.6 Å². The second kappa shape index (κ2) is 5.45. The third-order valence-corrected chi connectivity index (χ3v) is 3.32. The summed E-state index contributed by atoms with van der Waals surface area (Å²) in [7, 11) is 0. The number of aromatic nitrogens is 2. The van der Waals surface area contributed by atoms with Crippen molar-refractivity contribution < 1.29 is 0 Å². The zero-order chi connectivity index (χ0) is 14.0. The molecule has 2 aromatic rings. The predicted octanol–water partition coefficient (Wildman–Crippen LogP) is 3.60. The van der Waals surface area contributed by atoms with E-state index in [1.54, 1.807) is 0 Å². The first-order valence-electron chi connectivity index (χ1n) is 6.10. The zero-order valence-electron chi connectivity index (χ0n) is 11.1. The van der Waals surface area contributed by atoms with Gasteiger partial charge in [-0.3, -0.25) is 4.79 Å². The molecule has 0 fully saturated rings. The first-order valence-corrected chi connectivity index (χ1v) is 6.48. The Kier molecular flexibility index (Phi) is 3.90. The minimum Gasteiger partial charge on any atom is -0.338 e. The molecule has 0 aliphatic heterocycles. The summed E-state index contributed by atoms with van der Waals surface area (Å²) in [5, 5.41) is 3.24. The van der Waals surface area contributed by atoms with Gasteiger partial charge in [-0.1, -0.05) is 43.6 Å². The number of H-pyrrole nitrogens is 1. The molecule has 0 aliphatic carbocycles. The van der Waals surface area contributed by atoms with Crippen molar-refractivity contribution in [3.63, 3.8) is 0 Å². The molecule has 2 rings (SSSR count). The molecule has 0 unspecified atom stereocenters. The number of rotatable bonds is 3. The number of hydrogen-bond donors (Lipinski definition) is 2. The summed E-state index contributed by atoms with van der Waals surface area (Å²) >= 11 is 5.96. The molecule has 5 heteroatoms. The monoisotopic (exact) mass is 277 g/mol. The van der Waals surface area contributed by atoms with Crippen LogP contribution in [0.1, 0.15) is 30.9 Å². The van der Waals surface area contributed by atoms with Gasteiger partial charge in [0.05, 0.1) is 6.33 Å². The maximum atomic E-state index is 11.5. The lowest BCUT2D eigenvalue weighted by Gasteiger charge is -2.17. The minimum atomic E-state index is -0.348. The number of nitrogens with one attached hydrogen (secondary N) is 2. The maximum Gasteiger partial charge on any atom is 0.271 e. The van der Waals surface area contributed by atoms with E-state index in [0.29, 0.717) is 11.7 Å². The molecule has 4 nitrogen and oxygen atoms in total. The van der Waals surface area contributed by atoms with Crippen LogP contribution in [-0.4, -0.2) is 9.97 Å². The second-order valence-corrected chi connectivity index (χ2v) is 5.09. The van der Waals surface area contributed by atoms with E-state index in [-0.39, 0.29) is 10.6 Å². The molecule has 0 bridgehead atoms. The van der Waals surface area contributed by atoms with Gasteiger partial charge in [0.25, 0.3) is 5.56 Å². The molecule has 0 saturated carbocycles. The Hall–Kier alpha value is -1.81. The molecule has 0 saturated heterocycles. The van der Waals surface area contributed by atoms with Crippen LogP contribution < -0.4 is 10.9 Å². The van der Waals surface area contributed by atoms with Crippen molar-refractivity contribution in [3.05, 3.63) is 51.0 Å². The highest BCUT2D eigenvalue weighted by atomic mass is 35.5. The molecule has 0 atom stereocenters. The number of aromatic amines is 1. The molecular formula is C14H16ClN3O. The van der Waals surface area contributed by atoms with E-state index in [1.165, 1.54) is 6.33 Å². The summed E-state index contributed by atoms with van der Waals surface area (Å²) in [6.45, 7) is 6.24. The molecule has 0 aliphatic rings. The highest BCUT2D eigenvalue weighted by Crippen LogP contribution is 2.30. The Labute approximate surface area is 116 Å². The van der Waals surface area contributed by atoms with Crippen LogP contribution in [0, 0.1) is 6.92 Å². The average Bonchev–Trinajstić information content (AvgIpc) is 2.36. The van der Waals surface area contributed by atoms with E-state index >= 15 is 0 Å². The number of hydrogen-bond acceptors (Lipinski definition) is 3. The molecule has 2 N–H and O–H groups in total. The van der Waals surface area contributed by atoms with Gasteiger partial charge in [-0.2, -0.15) is 0 Å². The van der Waals surface area contributed by atoms with Crippen molar-refractivity contribution in [3.8, 4) is 0 Å². The van der Waals surface area contributed by atoms with Crippen molar-refractivity contribution in [1.82, 2.24) is 9.97 Å². The van der Waals surface area contributed by atoms with E-state index < -0.39 is 0 Å². The fourth-order valence-corrected chi connectivity index (χ4v) is 2.08. The van der Waals surface area contributed by atoms with Gasteiger partial charge in [0, 0.05) is 5.69 Å². The minimum absolute atomic E-state index is 0.0699. The van der Waals surface area contributed by atoms with Gasteiger partial charge in [0.1, 0.15) is 5.02 Å². The van der Waals surface area contributed by atoms with Gasteiger partial charge in [0.2, 0.25) is 0 Å². The molecule has 19 heavy (non-hydrogen) atoms. The molecule has 100 valence electrons. The number of benzene rings is 1. The van der Waals surface area contributed by atoms with Crippen LogP contribution in [0.5, 0.6) is 0 Å². The third kappa shape index (κ3) is 2.79. The van der Waals surface area contributed by atoms with E-state index in [1.807, 2.05) is 19.1 Å². The summed E-state index contributed by atoms with van der Waals surface area (Å²) in [4.78, 5) is 18.0. The van der Waals surface area contributed by atoms with Crippen molar-refractivity contribution >= 4 is 23.1 Å². The SMILES string of the molecule is Cc1cccc(C(C)C)c1Nc1nc[nH]c(=O)c1Cl. The van der Waals surface area contributed by atoms with Gasteiger partial charge in [-0.15, -0.1) is 0 Å². The van der Waals surface area contributed by atoms with Gasteiger partial charge in [0.15, 0.2) is 5.82 Å². The first kappa shape index (κ1) is 13.6. The van der Waals surface area contributed by atoms with Crippen LogP contribution in [0.3, 0.4) is 0 Å². The highest BCUT2D eigenvalue weighted by Gasteiger charge is 2.12. The van der Waals surface area contributed by atoms with E-state index in [0.717, 1.165) is 16.8 Å². The Morgan fingerprint density at radius 3 is 2.79 bits per heavy atom. The Balaban J connectivity index is 2.49. The van der Waals surface area contributed by atoms with Gasteiger partial charge in [-0.25, -0.2) is 4.98 Å². The number of aryl methyl sites for hydroxylation is 1. The normalized spacial score (nSPS) is 10.8. The van der Waals surface area contributed by atoms with Crippen LogP contribution in [-0.2, 0) is 0 Å². The molecule has 0 amide bonds. The molecule has 1 heterocycles. The van der Waals surface area contributed by atoms with Crippen LogP contribution in [0.2, 0.25) is 5.02 Å². The molecule has 1 aromatic carbocycles. The van der Waals surface area contributed by atoms with Gasteiger partial charge in [-0.05, 0) is 24.0 Å². The fourth-order valence-electron chi connectivity index (χ4n) is 1.93. The van der Waals surface area contributed by atoms with E-state index in [9.17, 15) is 4.79 Å². The summed E-state index contributed by atoms with van der Waals surface area (Å²) < 4.78 is 0. The summed E-state index contributed by atoms with van der Waals surface area (Å²) in [5.74, 6) is 0.741. The lowest BCUT2D eigenvalue weighted by Crippen LogP contribution is -2.11. The van der Waals surface area contributed by atoms with E-state index in [2.05, 4.69) is 35.2 Å². The Morgan fingerprint density at radius 2 is 2.11 bits per heavy atom. The van der Waals surface area contributed by atoms with Crippen LogP contribution >= 0.6 is 11.6 Å². The van der Waals surface area contributed by atoms with Crippen molar-refractivity contribution in [2.45, 2.75) is 26.7 Å². The number of anilines is 2. The number of para-hydroxylation sites is 1. The molecule has 0 spiro atoms. The van der Waals surface area contributed by atoms with Crippen LogP contribution in [0.4, 0.5) is 11.5 Å². The average molecular weight is 278 g/mol. The lowest BCUT2D eigenvalue weighted by molar-refractivity contribution is 0.867. The van der Waals surface area contributed by atoms with Crippen LogP contribution in [0.25, 0.3) is 0 Å². The quantitative estimate of drug-likeness (QED) is 0.901. The fraction of sp³-hybridized carbons (Fsp3) is 0.286. The number of halogens is 1. The molecule has 1 aromatic heterocycles. The van der Waals surface area contributed by atoms with Crippen molar-refractivity contribution in [2.24, 2.45) is 0 Å². The topological polar surface area (TPSA) is 57.8 Å². The van der Waals surface area contributed by atoms with Crippen molar-refractivity contribution in [2.75, 3.05) is 5.32 Å².